The molecule has 21 heavy (non-hydrogen) atoms. The van der Waals surface area contributed by atoms with Gasteiger partial charge >= 0.3 is 0 Å². The second kappa shape index (κ2) is 6.52. The number of hydrogen-bond acceptors (Lipinski definition) is 4. The van der Waals surface area contributed by atoms with E-state index in [1.54, 1.807) is 22.5 Å². The van der Waals surface area contributed by atoms with Crippen molar-refractivity contribution in [2.24, 2.45) is 5.73 Å². The van der Waals surface area contributed by atoms with Gasteiger partial charge in [-0.3, -0.25) is 0 Å². The largest absolute Gasteiger partial charge is 0.493 e. The van der Waals surface area contributed by atoms with Crippen molar-refractivity contribution < 1.29 is 13.2 Å². The van der Waals surface area contributed by atoms with Crippen LogP contribution in [0, 0.1) is 0 Å². The molecule has 0 unspecified atom stereocenters. The molecule has 0 aliphatic carbocycles. The number of hydrogen-bond donors (Lipinski definition) is 1. The van der Waals surface area contributed by atoms with Crippen molar-refractivity contribution in [2.75, 3.05) is 19.7 Å². The highest BCUT2D eigenvalue weighted by atomic mass is 35.5. The number of nitrogens with two attached hydrogens (primary N) is 1. The molecule has 118 valence electrons. The number of nitrogens with zero attached hydrogens (tertiary/aromatic N) is 1. The molecular weight excluding hydrogens is 312 g/mol. The molecule has 1 saturated heterocycles. The minimum Gasteiger partial charge on any atom is -0.493 e. The highest BCUT2D eigenvalue weighted by Crippen LogP contribution is 2.29. The lowest BCUT2D eigenvalue weighted by atomic mass is 10.1. The van der Waals surface area contributed by atoms with E-state index in [4.69, 9.17) is 10.5 Å². The lowest BCUT2D eigenvalue weighted by Gasteiger charge is -2.29. The van der Waals surface area contributed by atoms with Gasteiger partial charge < -0.3 is 10.5 Å². The summed E-state index contributed by atoms with van der Waals surface area (Å²) in [5.41, 5.74) is 6.82. The molecule has 0 spiro atoms. The Hall–Kier alpha value is -0.820. The van der Waals surface area contributed by atoms with Gasteiger partial charge in [-0.05, 0) is 49.4 Å². The first-order valence-electron chi connectivity index (χ1n) is 7.09. The zero-order valence-corrected chi connectivity index (χ0v) is 13.5. The minimum absolute atomic E-state index is 0. The summed E-state index contributed by atoms with van der Waals surface area (Å²) in [5.74, 6) is 0.816. The SMILES string of the molecule is Cl.NC1CCN(S(=O)(=O)c2ccc3c(c2)CCCO3)CC1. The zero-order valence-electron chi connectivity index (χ0n) is 11.8. The number of fused-ring (bicyclic) bond motifs is 1. The van der Waals surface area contributed by atoms with Crippen LogP contribution in [0.5, 0.6) is 5.75 Å². The van der Waals surface area contributed by atoms with Gasteiger partial charge in [-0.1, -0.05) is 0 Å². The molecule has 1 aromatic rings. The highest BCUT2D eigenvalue weighted by Gasteiger charge is 2.29. The Bertz CT molecular complexity index is 598. The van der Waals surface area contributed by atoms with E-state index >= 15 is 0 Å². The van der Waals surface area contributed by atoms with Crippen molar-refractivity contribution in [2.45, 2.75) is 36.6 Å². The Kier molecular flexibility index (Phi) is 5.14. The number of benzene rings is 1. The molecule has 1 aromatic carbocycles. The molecule has 0 aromatic heterocycles. The van der Waals surface area contributed by atoms with E-state index < -0.39 is 10.0 Å². The summed E-state index contributed by atoms with van der Waals surface area (Å²) < 4.78 is 32.3. The third-order valence-corrected chi connectivity index (χ3v) is 5.91. The van der Waals surface area contributed by atoms with Gasteiger partial charge in [0, 0.05) is 19.1 Å². The molecule has 7 heteroatoms. The summed E-state index contributed by atoms with van der Waals surface area (Å²) in [6.07, 6.45) is 3.28. The van der Waals surface area contributed by atoms with E-state index in [-0.39, 0.29) is 18.4 Å². The van der Waals surface area contributed by atoms with Crippen LogP contribution in [-0.4, -0.2) is 38.5 Å². The molecule has 0 atom stereocenters. The van der Waals surface area contributed by atoms with Gasteiger partial charge in [-0.25, -0.2) is 8.42 Å². The fraction of sp³-hybridized carbons (Fsp3) is 0.571. The molecule has 2 aliphatic rings. The molecule has 2 aliphatic heterocycles. The number of piperidine rings is 1. The van der Waals surface area contributed by atoms with E-state index in [9.17, 15) is 8.42 Å². The number of rotatable bonds is 2. The van der Waals surface area contributed by atoms with Crippen molar-refractivity contribution in [1.29, 1.82) is 0 Å². The molecule has 3 rings (SSSR count). The normalized spacial score (nSPS) is 20.2. The monoisotopic (exact) mass is 332 g/mol. The van der Waals surface area contributed by atoms with Gasteiger partial charge in [0.25, 0.3) is 0 Å². The Labute approximate surface area is 131 Å². The van der Waals surface area contributed by atoms with E-state index in [0.29, 0.717) is 24.6 Å². The molecular formula is C14H21ClN2O3S. The number of aryl methyl sites for hydroxylation is 1. The molecule has 2 heterocycles. The molecule has 2 N–H and O–H groups in total. The average Bonchev–Trinajstić information content (AvgIpc) is 2.47. The molecule has 1 fully saturated rings. The van der Waals surface area contributed by atoms with Gasteiger partial charge in [-0.15, -0.1) is 12.4 Å². The van der Waals surface area contributed by atoms with E-state index in [1.807, 2.05) is 0 Å². The maximum atomic E-state index is 12.6. The van der Waals surface area contributed by atoms with Crippen LogP contribution in [0.4, 0.5) is 0 Å². The second-order valence-corrected chi connectivity index (χ2v) is 7.40. The maximum Gasteiger partial charge on any atom is 0.243 e. The van der Waals surface area contributed by atoms with Gasteiger partial charge in [0.1, 0.15) is 5.75 Å². The summed E-state index contributed by atoms with van der Waals surface area (Å²) in [7, 11) is -3.40. The van der Waals surface area contributed by atoms with Crippen molar-refractivity contribution in [3.05, 3.63) is 23.8 Å². The van der Waals surface area contributed by atoms with Crippen molar-refractivity contribution in [3.63, 3.8) is 0 Å². The predicted molar refractivity (Wildman–Crippen MR) is 83.5 cm³/mol. The van der Waals surface area contributed by atoms with Crippen LogP contribution in [0.1, 0.15) is 24.8 Å². The summed E-state index contributed by atoms with van der Waals surface area (Å²) >= 11 is 0. The topological polar surface area (TPSA) is 72.6 Å². The van der Waals surface area contributed by atoms with Gasteiger partial charge in [0.2, 0.25) is 10.0 Å². The standard InChI is InChI=1S/C14H20N2O3S.ClH/c15-12-5-7-16(8-6-12)20(17,18)13-3-4-14-11(10-13)2-1-9-19-14;/h3-4,10,12H,1-2,5-9,15H2;1H. The Morgan fingerprint density at radius 1 is 1.24 bits per heavy atom. The van der Waals surface area contributed by atoms with Crippen molar-refractivity contribution >= 4 is 22.4 Å². The third-order valence-electron chi connectivity index (χ3n) is 4.02. The number of halogens is 1. The minimum atomic E-state index is -3.40. The first-order chi connectivity index (χ1) is 9.57. The lowest BCUT2D eigenvalue weighted by molar-refractivity contribution is 0.287. The van der Waals surface area contributed by atoms with Crippen LogP contribution in [-0.2, 0) is 16.4 Å². The maximum absolute atomic E-state index is 12.6. The lowest BCUT2D eigenvalue weighted by Crippen LogP contribution is -2.42. The Morgan fingerprint density at radius 3 is 2.67 bits per heavy atom. The fourth-order valence-electron chi connectivity index (χ4n) is 2.76. The van der Waals surface area contributed by atoms with Crippen LogP contribution >= 0.6 is 12.4 Å². The molecule has 5 nitrogen and oxygen atoms in total. The van der Waals surface area contributed by atoms with Crippen LogP contribution in [0.25, 0.3) is 0 Å². The van der Waals surface area contributed by atoms with E-state index in [0.717, 1.165) is 37.0 Å². The predicted octanol–water partition coefficient (Wildman–Crippen LogP) is 1.55. The Morgan fingerprint density at radius 2 is 1.95 bits per heavy atom. The zero-order chi connectivity index (χ0) is 14.2. The van der Waals surface area contributed by atoms with Crippen molar-refractivity contribution in [1.82, 2.24) is 4.31 Å². The first kappa shape index (κ1) is 16.5. The highest BCUT2D eigenvalue weighted by molar-refractivity contribution is 7.89. The summed E-state index contributed by atoms with van der Waals surface area (Å²) in [5, 5.41) is 0. The van der Waals surface area contributed by atoms with Gasteiger partial charge in [-0.2, -0.15) is 4.31 Å². The molecule has 0 saturated carbocycles. The molecule has 0 radical (unpaired) electrons. The Balaban J connectivity index is 0.00000161. The van der Waals surface area contributed by atoms with Crippen LogP contribution in [0.3, 0.4) is 0 Å². The summed E-state index contributed by atoms with van der Waals surface area (Å²) in [6, 6.07) is 5.31. The molecule has 0 amide bonds. The quantitative estimate of drug-likeness (QED) is 0.891. The average molecular weight is 333 g/mol. The number of sulfonamides is 1. The first-order valence-corrected chi connectivity index (χ1v) is 8.53. The molecule has 0 bridgehead atoms. The van der Waals surface area contributed by atoms with Crippen LogP contribution in [0.15, 0.2) is 23.1 Å². The van der Waals surface area contributed by atoms with Gasteiger partial charge in [0.05, 0.1) is 11.5 Å². The smallest absolute Gasteiger partial charge is 0.243 e. The van der Waals surface area contributed by atoms with E-state index in [1.165, 1.54) is 0 Å². The van der Waals surface area contributed by atoms with E-state index in [2.05, 4.69) is 0 Å². The van der Waals surface area contributed by atoms with Gasteiger partial charge in [0.15, 0.2) is 0 Å². The third kappa shape index (κ3) is 3.34. The van der Waals surface area contributed by atoms with Crippen LogP contribution in [0.2, 0.25) is 0 Å². The van der Waals surface area contributed by atoms with Crippen LogP contribution < -0.4 is 10.5 Å². The fourth-order valence-corrected chi connectivity index (χ4v) is 4.28. The number of ether oxygens (including phenoxy) is 1. The summed E-state index contributed by atoms with van der Waals surface area (Å²) in [6.45, 7) is 1.73. The van der Waals surface area contributed by atoms with Crippen molar-refractivity contribution in [3.8, 4) is 5.75 Å². The summed E-state index contributed by atoms with van der Waals surface area (Å²) in [4.78, 5) is 0.372. The second-order valence-electron chi connectivity index (χ2n) is 5.46.